The number of nitrogens with zero attached hydrogens (tertiary/aromatic N) is 2. The quantitative estimate of drug-likeness (QED) is 0.787. The first-order valence-electron chi connectivity index (χ1n) is 5.69. The Balaban J connectivity index is 2.16. The minimum Gasteiger partial charge on any atom is -0.330 e. The third-order valence-electron chi connectivity index (χ3n) is 2.84. The predicted molar refractivity (Wildman–Crippen MR) is 71.2 cm³/mol. The van der Waals surface area contributed by atoms with Crippen molar-refractivity contribution in [3.63, 3.8) is 0 Å². The summed E-state index contributed by atoms with van der Waals surface area (Å²) in [4.78, 5) is 5.45. The Morgan fingerprint density at radius 1 is 1.28 bits per heavy atom. The van der Waals surface area contributed by atoms with Crippen molar-refractivity contribution in [2.45, 2.75) is 6.42 Å². The first-order valence-corrected chi connectivity index (χ1v) is 6.57. The van der Waals surface area contributed by atoms with Crippen molar-refractivity contribution in [1.82, 2.24) is 9.38 Å². The molecule has 0 radical (unpaired) electrons. The van der Waals surface area contributed by atoms with Crippen molar-refractivity contribution in [3.05, 3.63) is 47.5 Å². The lowest BCUT2D eigenvalue weighted by Crippen LogP contribution is -2.06. The summed E-state index contributed by atoms with van der Waals surface area (Å²) in [5, 5.41) is 2.06. The van der Waals surface area contributed by atoms with Crippen LogP contribution < -0.4 is 5.73 Å². The lowest BCUT2D eigenvalue weighted by molar-refractivity contribution is 0.628. The van der Waals surface area contributed by atoms with Gasteiger partial charge in [0.2, 0.25) is 0 Å². The van der Waals surface area contributed by atoms with Gasteiger partial charge in [0.15, 0.2) is 0 Å². The maximum Gasteiger partial charge on any atom is 0.123 e. The lowest BCUT2D eigenvalue weighted by Gasteiger charge is -2.03. The van der Waals surface area contributed by atoms with Crippen molar-refractivity contribution in [1.29, 1.82) is 0 Å². The Hall–Kier alpha value is -1.72. The van der Waals surface area contributed by atoms with Crippen molar-refractivity contribution >= 4 is 16.2 Å². The summed E-state index contributed by atoms with van der Waals surface area (Å²) in [7, 11) is 0. The smallest absolute Gasteiger partial charge is 0.123 e. The molecule has 0 saturated heterocycles. The monoisotopic (exact) mass is 261 g/mol. The van der Waals surface area contributed by atoms with Gasteiger partial charge in [0.1, 0.15) is 16.5 Å². The highest BCUT2D eigenvalue weighted by molar-refractivity contribution is 7.15. The Bertz CT molecular complexity index is 669. The molecule has 0 aliphatic heterocycles. The average Bonchev–Trinajstić information content (AvgIpc) is 2.94. The molecule has 0 unspecified atom stereocenters. The third-order valence-corrected chi connectivity index (χ3v) is 3.71. The Morgan fingerprint density at radius 2 is 2.06 bits per heavy atom. The largest absolute Gasteiger partial charge is 0.330 e. The maximum atomic E-state index is 12.9. The average molecular weight is 261 g/mol. The Labute approximate surface area is 108 Å². The Kier molecular flexibility index (Phi) is 2.85. The number of benzene rings is 1. The van der Waals surface area contributed by atoms with Gasteiger partial charge in [-0.2, -0.15) is 0 Å². The highest BCUT2D eigenvalue weighted by atomic mass is 32.1. The number of hydrogen-bond donors (Lipinski definition) is 1. The second-order valence-electron chi connectivity index (χ2n) is 4.01. The van der Waals surface area contributed by atoms with E-state index in [-0.39, 0.29) is 5.82 Å². The number of fused-ring (bicyclic) bond motifs is 1. The number of imidazole rings is 1. The van der Waals surface area contributed by atoms with Crippen molar-refractivity contribution < 1.29 is 4.39 Å². The molecule has 0 fully saturated rings. The van der Waals surface area contributed by atoms with Gasteiger partial charge >= 0.3 is 0 Å². The van der Waals surface area contributed by atoms with Gasteiger partial charge in [0.05, 0.1) is 11.9 Å². The molecule has 0 atom stereocenters. The third kappa shape index (κ3) is 1.81. The molecule has 0 amide bonds. The number of rotatable bonds is 3. The van der Waals surface area contributed by atoms with Gasteiger partial charge in [-0.3, -0.25) is 4.40 Å². The molecular weight excluding hydrogens is 249 g/mol. The van der Waals surface area contributed by atoms with Crippen molar-refractivity contribution in [2.24, 2.45) is 5.73 Å². The van der Waals surface area contributed by atoms with Crippen LogP contribution in [-0.2, 0) is 6.42 Å². The SMILES string of the molecule is NCCc1ncc2scc(-c3ccc(F)cc3)n12. The zero-order valence-electron chi connectivity index (χ0n) is 9.64. The fraction of sp³-hybridized carbons (Fsp3) is 0.154. The molecule has 1 aromatic carbocycles. The molecule has 0 spiro atoms. The molecule has 2 heterocycles. The van der Waals surface area contributed by atoms with Gasteiger partial charge in [-0.05, 0) is 36.4 Å². The van der Waals surface area contributed by atoms with Crippen LogP contribution in [0.15, 0.2) is 35.8 Å². The van der Waals surface area contributed by atoms with E-state index in [0.29, 0.717) is 6.54 Å². The number of nitrogens with two attached hydrogens (primary N) is 1. The Morgan fingerprint density at radius 3 is 2.78 bits per heavy atom. The number of hydrogen-bond acceptors (Lipinski definition) is 3. The normalized spacial score (nSPS) is 11.2. The van der Waals surface area contributed by atoms with Crippen LogP contribution in [0.5, 0.6) is 0 Å². The summed E-state index contributed by atoms with van der Waals surface area (Å²) in [6.07, 6.45) is 2.59. The molecule has 2 N–H and O–H groups in total. The van der Waals surface area contributed by atoms with E-state index < -0.39 is 0 Å². The number of thiazole rings is 1. The molecule has 3 nitrogen and oxygen atoms in total. The lowest BCUT2D eigenvalue weighted by atomic mass is 10.2. The molecular formula is C13H12FN3S. The minimum absolute atomic E-state index is 0.224. The highest BCUT2D eigenvalue weighted by Gasteiger charge is 2.11. The molecule has 92 valence electrons. The highest BCUT2D eigenvalue weighted by Crippen LogP contribution is 2.27. The summed E-state index contributed by atoms with van der Waals surface area (Å²) >= 11 is 1.63. The molecule has 2 aromatic heterocycles. The zero-order valence-corrected chi connectivity index (χ0v) is 10.5. The van der Waals surface area contributed by atoms with Crippen LogP contribution in [0.2, 0.25) is 0 Å². The molecule has 0 aliphatic rings. The van der Waals surface area contributed by atoms with Crippen molar-refractivity contribution in [2.75, 3.05) is 6.54 Å². The van der Waals surface area contributed by atoms with Crippen LogP contribution in [0.3, 0.4) is 0 Å². The zero-order chi connectivity index (χ0) is 12.5. The van der Waals surface area contributed by atoms with Crippen LogP contribution in [0.25, 0.3) is 16.1 Å². The van der Waals surface area contributed by atoms with E-state index in [1.54, 1.807) is 23.5 Å². The summed E-state index contributed by atoms with van der Waals surface area (Å²) in [6.45, 7) is 0.567. The molecule has 3 rings (SSSR count). The standard InChI is InChI=1S/C13H12FN3S/c14-10-3-1-9(2-4-10)11-8-18-13-7-16-12(5-6-15)17(11)13/h1-4,7-8H,5-6,15H2. The van der Waals surface area contributed by atoms with Gasteiger partial charge in [-0.15, -0.1) is 11.3 Å². The van der Waals surface area contributed by atoms with E-state index in [2.05, 4.69) is 14.8 Å². The number of aromatic nitrogens is 2. The van der Waals surface area contributed by atoms with E-state index in [1.807, 2.05) is 6.20 Å². The first kappa shape index (κ1) is 11.4. The van der Waals surface area contributed by atoms with Crippen LogP contribution in [0.4, 0.5) is 4.39 Å². The second kappa shape index (κ2) is 4.51. The van der Waals surface area contributed by atoms with Crippen LogP contribution in [0.1, 0.15) is 5.82 Å². The molecule has 18 heavy (non-hydrogen) atoms. The first-order chi connectivity index (χ1) is 8.79. The summed E-state index contributed by atoms with van der Waals surface area (Å²) < 4.78 is 15.0. The molecule has 0 bridgehead atoms. The van der Waals surface area contributed by atoms with E-state index in [9.17, 15) is 4.39 Å². The molecule has 3 aromatic rings. The second-order valence-corrected chi connectivity index (χ2v) is 4.90. The van der Waals surface area contributed by atoms with Crippen LogP contribution >= 0.6 is 11.3 Å². The van der Waals surface area contributed by atoms with E-state index >= 15 is 0 Å². The molecule has 0 aliphatic carbocycles. The minimum atomic E-state index is -0.224. The van der Waals surface area contributed by atoms with E-state index in [0.717, 1.165) is 28.3 Å². The summed E-state index contributed by atoms with van der Waals surface area (Å²) in [5.41, 5.74) is 7.61. The fourth-order valence-electron chi connectivity index (χ4n) is 2.01. The van der Waals surface area contributed by atoms with Gasteiger partial charge in [0.25, 0.3) is 0 Å². The number of halogens is 1. The van der Waals surface area contributed by atoms with Crippen LogP contribution in [-0.4, -0.2) is 15.9 Å². The topological polar surface area (TPSA) is 43.3 Å². The fourth-order valence-corrected chi connectivity index (χ4v) is 2.90. The van der Waals surface area contributed by atoms with Gasteiger partial charge in [0, 0.05) is 11.8 Å². The predicted octanol–water partition coefficient (Wildman–Crippen LogP) is 2.70. The van der Waals surface area contributed by atoms with Gasteiger partial charge < -0.3 is 5.73 Å². The van der Waals surface area contributed by atoms with Crippen molar-refractivity contribution in [3.8, 4) is 11.3 Å². The van der Waals surface area contributed by atoms with Gasteiger partial charge in [-0.1, -0.05) is 0 Å². The maximum absolute atomic E-state index is 12.9. The molecule has 0 saturated carbocycles. The summed E-state index contributed by atoms with van der Waals surface area (Å²) in [6, 6.07) is 6.50. The van der Waals surface area contributed by atoms with Crippen LogP contribution in [0, 0.1) is 5.82 Å². The molecule has 5 heteroatoms. The van der Waals surface area contributed by atoms with E-state index in [1.165, 1.54) is 12.1 Å². The van der Waals surface area contributed by atoms with Gasteiger partial charge in [-0.25, -0.2) is 9.37 Å². The summed E-state index contributed by atoms with van der Waals surface area (Å²) in [5.74, 6) is 0.728. The van der Waals surface area contributed by atoms with E-state index in [4.69, 9.17) is 5.73 Å².